The van der Waals surface area contributed by atoms with E-state index in [9.17, 15) is 4.79 Å². The molecule has 0 aliphatic heterocycles. The molecule has 1 amide bonds. The highest BCUT2D eigenvalue weighted by Crippen LogP contribution is 2.29. The molecule has 0 radical (unpaired) electrons. The van der Waals surface area contributed by atoms with Gasteiger partial charge in [-0.15, -0.1) is 5.10 Å². The topological polar surface area (TPSA) is 72.7 Å². The number of nitrogens with one attached hydrogen (secondary N) is 1. The average molecular weight is 374 g/mol. The molecule has 0 bridgehead atoms. The largest absolute Gasteiger partial charge is 0.352 e. The van der Waals surface area contributed by atoms with Gasteiger partial charge in [0, 0.05) is 6.04 Å². The second kappa shape index (κ2) is 8.20. The van der Waals surface area contributed by atoms with Gasteiger partial charge in [-0.1, -0.05) is 44.5 Å². The minimum atomic E-state index is 0.0515. The first-order valence-electron chi connectivity index (χ1n) is 9.24. The Morgan fingerprint density at radius 2 is 2.08 bits per heavy atom. The van der Waals surface area contributed by atoms with E-state index in [-0.39, 0.29) is 11.9 Å². The Bertz CT molecular complexity index is 775. The zero-order valence-electron chi connectivity index (χ0n) is 15.9. The molecule has 3 atom stereocenters. The lowest BCUT2D eigenvalue weighted by Gasteiger charge is -2.34. The van der Waals surface area contributed by atoms with E-state index in [1.165, 1.54) is 35.7 Å². The minimum Gasteiger partial charge on any atom is -0.352 e. The summed E-state index contributed by atoms with van der Waals surface area (Å²) in [4.78, 5) is 12.4. The van der Waals surface area contributed by atoms with E-state index >= 15 is 0 Å². The smallest absolute Gasteiger partial charge is 0.230 e. The van der Waals surface area contributed by atoms with Gasteiger partial charge in [-0.25, -0.2) is 0 Å². The van der Waals surface area contributed by atoms with Crippen LogP contribution in [0, 0.1) is 25.7 Å². The van der Waals surface area contributed by atoms with Crippen molar-refractivity contribution < 1.29 is 4.79 Å². The number of carbonyl (C=O) groups excluding carboxylic acids is 1. The zero-order valence-corrected chi connectivity index (χ0v) is 16.7. The lowest BCUT2D eigenvalue weighted by Crippen LogP contribution is -2.44. The molecule has 1 heterocycles. The summed E-state index contributed by atoms with van der Waals surface area (Å²) in [5.41, 5.74) is 3.33. The number of carbonyl (C=O) groups is 1. The normalized spacial score (nSPS) is 23.0. The number of hydrogen-bond acceptors (Lipinski definition) is 5. The van der Waals surface area contributed by atoms with Gasteiger partial charge in [-0.3, -0.25) is 4.79 Å². The van der Waals surface area contributed by atoms with Crippen molar-refractivity contribution in [1.82, 2.24) is 25.5 Å². The maximum atomic E-state index is 12.4. The highest BCUT2D eigenvalue weighted by Gasteiger charge is 2.28. The number of hydrogen-bond donors (Lipinski definition) is 1. The summed E-state index contributed by atoms with van der Waals surface area (Å²) in [6.45, 7) is 8.65. The van der Waals surface area contributed by atoms with Gasteiger partial charge in [-0.2, -0.15) is 4.68 Å². The molecule has 1 N–H and O–H groups in total. The number of aromatic nitrogens is 4. The molecule has 26 heavy (non-hydrogen) atoms. The third-order valence-corrected chi connectivity index (χ3v) is 6.48. The van der Waals surface area contributed by atoms with E-state index in [1.807, 2.05) is 6.07 Å². The molecular formula is C19H27N5OS. The van der Waals surface area contributed by atoms with Gasteiger partial charge >= 0.3 is 0 Å². The summed E-state index contributed by atoms with van der Waals surface area (Å²) in [7, 11) is 0. The number of benzene rings is 1. The van der Waals surface area contributed by atoms with Crippen LogP contribution in [0.2, 0.25) is 0 Å². The minimum absolute atomic E-state index is 0.0515. The lowest BCUT2D eigenvalue weighted by atomic mass is 9.78. The molecule has 1 fully saturated rings. The zero-order chi connectivity index (χ0) is 18.7. The molecule has 1 saturated carbocycles. The van der Waals surface area contributed by atoms with Crippen LogP contribution in [0.4, 0.5) is 0 Å². The monoisotopic (exact) mass is 373 g/mol. The quantitative estimate of drug-likeness (QED) is 0.814. The fourth-order valence-electron chi connectivity index (χ4n) is 3.45. The van der Waals surface area contributed by atoms with Crippen molar-refractivity contribution in [3.05, 3.63) is 29.3 Å². The average Bonchev–Trinajstić information content (AvgIpc) is 3.08. The molecule has 1 aromatic heterocycles. The summed E-state index contributed by atoms with van der Waals surface area (Å²) in [6.07, 6.45) is 3.52. The first kappa shape index (κ1) is 18.9. The van der Waals surface area contributed by atoms with Crippen molar-refractivity contribution in [2.24, 2.45) is 11.8 Å². The summed E-state index contributed by atoms with van der Waals surface area (Å²) >= 11 is 1.37. The lowest BCUT2D eigenvalue weighted by molar-refractivity contribution is -0.120. The van der Waals surface area contributed by atoms with Crippen LogP contribution in [0.1, 0.15) is 44.2 Å². The predicted octanol–water partition coefficient (Wildman–Crippen LogP) is 3.31. The molecular weight excluding hydrogens is 346 g/mol. The molecule has 0 spiro atoms. The van der Waals surface area contributed by atoms with Crippen LogP contribution in [0.25, 0.3) is 5.69 Å². The fraction of sp³-hybridized carbons (Fsp3) is 0.579. The molecule has 6 nitrogen and oxygen atoms in total. The van der Waals surface area contributed by atoms with Crippen LogP contribution in [0.5, 0.6) is 0 Å². The molecule has 1 aromatic carbocycles. The molecule has 3 rings (SSSR count). The van der Waals surface area contributed by atoms with Crippen molar-refractivity contribution in [2.75, 3.05) is 5.75 Å². The van der Waals surface area contributed by atoms with Crippen molar-refractivity contribution in [3.8, 4) is 5.69 Å². The van der Waals surface area contributed by atoms with Gasteiger partial charge in [0.2, 0.25) is 11.1 Å². The molecule has 0 saturated heterocycles. The Morgan fingerprint density at radius 3 is 2.85 bits per heavy atom. The van der Waals surface area contributed by atoms with Crippen LogP contribution < -0.4 is 5.32 Å². The van der Waals surface area contributed by atoms with Crippen LogP contribution in [0.3, 0.4) is 0 Å². The highest BCUT2D eigenvalue weighted by atomic mass is 32.2. The Morgan fingerprint density at radius 1 is 1.27 bits per heavy atom. The van der Waals surface area contributed by atoms with E-state index < -0.39 is 0 Å². The SMILES string of the molecule is Cc1ccc(-n2nnnc2SCC(=O)N[C@H]2CCC[C@H](C)[C@@H]2C)cc1C. The van der Waals surface area contributed by atoms with E-state index in [0.717, 1.165) is 12.1 Å². The van der Waals surface area contributed by atoms with Crippen molar-refractivity contribution in [1.29, 1.82) is 0 Å². The molecule has 7 heteroatoms. The van der Waals surface area contributed by atoms with Gasteiger partial charge in [0.25, 0.3) is 0 Å². The molecule has 2 aromatic rings. The Hall–Kier alpha value is -1.89. The summed E-state index contributed by atoms with van der Waals surface area (Å²) in [5, 5.41) is 15.8. The van der Waals surface area contributed by atoms with E-state index in [0.29, 0.717) is 22.7 Å². The molecule has 140 valence electrons. The van der Waals surface area contributed by atoms with Crippen molar-refractivity contribution >= 4 is 17.7 Å². The first-order valence-corrected chi connectivity index (χ1v) is 10.2. The van der Waals surface area contributed by atoms with Crippen LogP contribution in [-0.2, 0) is 4.79 Å². The van der Waals surface area contributed by atoms with Crippen molar-refractivity contribution in [3.63, 3.8) is 0 Å². The highest BCUT2D eigenvalue weighted by molar-refractivity contribution is 7.99. The Kier molecular flexibility index (Phi) is 5.96. The number of amides is 1. The van der Waals surface area contributed by atoms with Crippen LogP contribution in [-0.4, -0.2) is 37.9 Å². The van der Waals surface area contributed by atoms with Crippen molar-refractivity contribution in [2.45, 2.75) is 58.2 Å². The second-order valence-electron chi connectivity index (χ2n) is 7.37. The number of nitrogens with zero attached hydrogens (tertiary/aromatic N) is 4. The Labute approximate surface area is 159 Å². The van der Waals surface area contributed by atoms with Crippen LogP contribution in [0.15, 0.2) is 23.4 Å². The summed E-state index contributed by atoms with van der Waals surface area (Å²) in [6, 6.07) is 6.39. The Balaban J connectivity index is 1.61. The molecule has 1 aliphatic rings. The standard InChI is InChI=1S/C19H27N5OS/c1-12-8-9-16(10-14(12)3)24-19(21-22-23-24)26-11-18(25)20-17-7-5-6-13(2)15(17)4/h8-10,13,15,17H,5-7,11H2,1-4H3,(H,20,25)/t13-,15-,17-/m0/s1. The summed E-state index contributed by atoms with van der Waals surface area (Å²) < 4.78 is 1.69. The second-order valence-corrected chi connectivity index (χ2v) is 8.31. The predicted molar refractivity (Wildman–Crippen MR) is 103 cm³/mol. The fourth-order valence-corrected chi connectivity index (χ4v) is 4.15. The maximum Gasteiger partial charge on any atom is 0.230 e. The first-order chi connectivity index (χ1) is 12.5. The van der Waals surface area contributed by atoms with E-state index in [4.69, 9.17) is 0 Å². The van der Waals surface area contributed by atoms with Gasteiger partial charge in [-0.05, 0) is 65.8 Å². The number of thioether (sulfide) groups is 1. The molecule has 1 aliphatic carbocycles. The van der Waals surface area contributed by atoms with Gasteiger partial charge in [0.15, 0.2) is 0 Å². The number of tetrazole rings is 1. The van der Waals surface area contributed by atoms with E-state index in [1.54, 1.807) is 4.68 Å². The van der Waals surface area contributed by atoms with Gasteiger partial charge in [0.1, 0.15) is 0 Å². The third-order valence-electron chi connectivity index (χ3n) is 5.56. The van der Waals surface area contributed by atoms with Gasteiger partial charge < -0.3 is 5.32 Å². The number of aryl methyl sites for hydroxylation is 2. The number of rotatable bonds is 5. The maximum absolute atomic E-state index is 12.4. The molecule has 0 unspecified atom stereocenters. The van der Waals surface area contributed by atoms with E-state index in [2.05, 4.69) is 60.7 Å². The third kappa shape index (κ3) is 4.26. The van der Waals surface area contributed by atoms with Gasteiger partial charge in [0.05, 0.1) is 11.4 Å². The summed E-state index contributed by atoms with van der Waals surface area (Å²) in [5.74, 6) is 1.57. The van der Waals surface area contributed by atoms with Crippen LogP contribution >= 0.6 is 11.8 Å².